The van der Waals surface area contributed by atoms with Crippen molar-refractivity contribution >= 4 is 21.8 Å². The highest BCUT2D eigenvalue weighted by Crippen LogP contribution is 2.23. The third kappa shape index (κ3) is 3.09. The fraction of sp³-hybridized carbons (Fsp3) is 0.538. The molecule has 0 bridgehead atoms. The molecule has 4 nitrogen and oxygen atoms in total. The maximum absolute atomic E-state index is 12.3. The van der Waals surface area contributed by atoms with Crippen molar-refractivity contribution in [2.24, 2.45) is 0 Å². The van der Waals surface area contributed by atoms with Gasteiger partial charge in [-0.1, -0.05) is 0 Å². The lowest BCUT2D eigenvalue weighted by molar-refractivity contribution is 0.0437. The van der Waals surface area contributed by atoms with Crippen molar-refractivity contribution in [2.75, 3.05) is 13.1 Å². The molecule has 1 aromatic rings. The highest BCUT2D eigenvalue weighted by Gasteiger charge is 2.28. The van der Waals surface area contributed by atoms with Crippen LogP contribution in [0.15, 0.2) is 22.8 Å². The molecule has 1 aliphatic rings. The van der Waals surface area contributed by atoms with E-state index in [1.54, 1.807) is 17.2 Å². The lowest BCUT2D eigenvalue weighted by Crippen LogP contribution is -2.34. The van der Waals surface area contributed by atoms with Crippen LogP contribution >= 0.6 is 15.9 Å². The topological polar surface area (TPSA) is 53.4 Å². The summed E-state index contributed by atoms with van der Waals surface area (Å²) in [5.74, 6) is -0.0693. The summed E-state index contributed by atoms with van der Waals surface area (Å²) in [5, 5.41) is 10.0. The quantitative estimate of drug-likeness (QED) is 0.865. The number of aromatic nitrogens is 1. The second-order valence-electron chi connectivity index (χ2n) is 4.98. The van der Waals surface area contributed by atoms with E-state index in [4.69, 9.17) is 0 Å². The Balaban J connectivity index is 2.13. The molecule has 1 aromatic heterocycles. The third-order valence-corrected chi connectivity index (χ3v) is 3.95. The van der Waals surface area contributed by atoms with Crippen LogP contribution in [-0.2, 0) is 0 Å². The number of carbonyl (C=O) groups is 1. The summed E-state index contributed by atoms with van der Waals surface area (Å²) in [7, 11) is 0. The zero-order chi connectivity index (χ0) is 13.2. The maximum atomic E-state index is 12.3. The fourth-order valence-electron chi connectivity index (χ4n) is 2.16. The molecule has 1 aliphatic heterocycles. The average Bonchev–Trinajstić information content (AvgIpc) is 2.50. The Bertz CT molecular complexity index is 448. The highest BCUT2D eigenvalue weighted by molar-refractivity contribution is 9.10. The minimum atomic E-state index is -0.656. The lowest BCUT2D eigenvalue weighted by atomic mass is 9.98. The maximum Gasteiger partial charge on any atom is 0.273 e. The van der Waals surface area contributed by atoms with Gasteiger partial charge in [0, 0.05) is 23.8 Å². The fourth-order valence-corrected chi connectivity index (χ4v) is 2.58. The molecule has 0 radical (unpaired) electrons. The van der Waals surface area contributed by atoms with Crippen molar-refractivity contribution in [2.45, 2.75) is 31.8 Å². The smallest absolute Gasteiger partial charge is 0.273 e. The summed E-state index contributed by atoms with van der Waals surface area (Å²) >= 11 is 3.35. The van der Waals surface area contributed by atoms with E-state index >= 15 is 0 Å². The van der Waals surface area contributed by atoms with Gasteiger partial charge in [-0.3, -0.25) is 4.79 Å². The van der Waals surface area contributed by atoms with E-state index in [0.29, 0.717) is 29.7 Å². The molecular formula is C13H17BrN2O2. The van der Waals surface area contributed by atoms with Crippen LogP contribution in [0, 0.1) is 0 Å². The summed E-state index contributed by atoms with van der Waals surface area (Å²) < 4.78 is 0.714. The number of hydrogen-bond acceptors (Lipinski definition) is 3. The van der Waals surface area contributed by atoms with Crippen molar-refractivity contribution < 1.29 is 9.90 Å². The molecule has 1 saturated heterocycles. The third-order valence-electron chi connectivity index (χ3n) is 3.31. The van der Waals surface area contributed by atoms with Crippen molar-refractivity contribution in [1.29, 1.82) is 0 Å². The first-order valence-electron chi connectivity index (χ1n) is 6.12. The molecule has 1 atom stereocenters. The molecule has 0 spiro atoms. The average molecular weight is 313 g/mol. The second-order valence-corrected chi connectivity index (χ2v) is 5.83. The summed E-state index contributed by atoms with van der Waals surface area (Å²) in [5.41, 5.74) is -0.213. The van der Waals surface area contributed by atoms with Crippen molar-refractivity contribution in [1.82, 2.24) is 9.88 Å². The standard InChI is InChI=1S/C13H17BrN2O2/c1-13(18)5-3-8-16(9-6-13)12(17)11-10(14)4-2-7-15-11/h2,4,7,18H,3,5-6,8-9H2,1H3. The van der Waals surface area contributed by atoms with Crippen LogP contribution < -0.4 is 0 Å². The Morgan fingerprint density at radius 3 is 3.00 bits per heavy atom. The van der Waals surface area contributed by atoms with Gasteiger partial charge >= 0.3 is 0 Å². The normalized spacial score (nSPS) is 24.7. The van der Waals surface area contributed by atoms with Gasteiger partial charge in [0.1, 0.15) is 5.69 Å². The van der Waals surface area contributed by atoms with Gasteiger partial charge in [-0.05, 0) is 54.2 Å². The summed E-state index contributed by atoms with van der Waals surface area (Å²) in [4.78, 5) is 18.2. The van der Waals surface area contributed by atoms with Gasteiger partial charge in [0.25, 0.3) is 5.91 Å². The summed E-state index contributed by atoms with van der Waals surface area (Å²) in [6.07, 6.45) is 3.79. The Kier molecular flexibility index (Phi) is 4.02. The Labute approximate surface area is 115 Å². The van der Waals surface area contributed by atoms with Gasteiger partial charge in [-0.15, -0.1) is 0 Å². The first-order valence-corrected chi connectivity index (χ1v) is 6.91. The van der Waals surface area contributed by atoms with Crippen LogP contribution in [0.4, 0.5) is 0 Å². The van der Waals surface area contributed by atoms with Crippen LogP contribution in [0.1, 0.15) is 36.7 Å². The number of carbonyl (C=O) groups excluding carboxylic acids is 1. The zero-order valence-corrected chi connectivity index (χ0v) is 12.0. The molecule has 2 heterocycles. The number of likely N-dealkylation sites (tertiary alicyclic amines) is 1. The Morgan fingerprint density at radius 1 is 1.50 bits per heavy atom. The van der Waals surface area contributed by atoms with E-state index in [2.05, 4.69) is 20.9 Å². The van der Waals surface area contributed by atoms with E-state index in [1.807, 2.05) is 13.0 Å². The van der Waals surface area contributed by atoms with E-state index in [9.17, 15) is 9.90 Å². The molecule has 1 unspecified atom stereocenters. The minimum Gasteiger partial charge on any atom is -0.390 e. The molecule has 18 heavy (non-hydrogen) atoms. The molecule has 5 heteroatoms. The number of nitrogens with zero attached hydrogens (tertiary/aromatic N) is 2. The van der Waals surface area contributed by atoms with E-state index in [1.165, 1.54) is 0 Å². The largest absolute Gasteiger partial charge is 0.390 e. The van der Waals surface area contributed by atoms with Gasteiger partial charge in [-0.2, -0.15) is 0 Å². The first kappa shape index (κ1) is 13.5. The lowest BCUT2D eigenvalue weighted by Gasteiger charge is -2.22. The molecule has 2 rings (SSSR count). The summed E-state index contributed by atoms with van der Waals surface area (Å²) in [6.45, 7) is 3.09. The number of rotatable bonds is 1. The molecule has 98 valence electrons. The molecule has 0 aromatic carbocycles. The first-order chi connectivity index (χ1) is 8.49. The SMILES string of the molecule is CC1(O)CCCN(C(=O)c2ncccc2Br)CC1. The van der Waals surface area contributed by atoms with Gasteiger partial charge in [0.05, 0.1) is 5.60 Å². The van der Waals surface area contributed by atoms with E-state index < -0.39 is 5.60 Å². The minimum absolute atomic E-state index is 0.0693. The van der Waals surface area contributed by atoms with E-state index in [0.717, 1.165) is 12.8 Å². The Morgan fingerprint density at radius 2 is 2.28 bits per heavy atom. The number of amides is 1. The number of aliphatic hydroxyl groups is 1. The summed E-state index contributed by atoms with van der Waals surface area (Å²) in [6, 6.07) is 3.60. The predicted octanol–water partition coefficient (Wildman–Crippen LogP) is 2.22. The van der Waals surface area contributed by atoms with Crippen molar-refractivity contribution in [3.63, 3.8) is 0 Å². The van der Waals surface area contributed by atoms with Gasteiger partial charge < -0.3 is 10.0 Å². The number of hydrogen-bond donors (Lipinski definition) is 1. The number of halogens is 1. The molecule has 1 fully saturated rings. The van der Waals surface area contributed by atoms with Crippen molar-refractivity contribution in [3.8, 4) is 0 Å². The van der Waals surface area contributed by atoms with Gasteiger partial charge in [0.15, 0.2) is 0 Å². The van der Waals surface area contributed by atoms with Crippen LogP contribution in [0.3, 0.4) is 0 Å². The molecule has 0 saturated carbocycles. The van der Waals surface area contributed by atoms with Gasteiger partial charge in [0.2, 0.25) is 0 Å². The second kappa shape index (κ2) is 5.36. The molecule has 1 amide bonds. The van der Waals surface area contributed by atoms with Crippen LogP contribution in [0.25, 0.3) is 0 Å². The van der Waals surface area contributed by atoms with E-state index in [-0.39, 0.29) is 5.91 Å². The molecular weight excluding hydrogens is 296 g/mol. The van der Waals surface area contributed by atoms with Crippen LogP contribution in [0.5, 0.6) is 0 Å². The number of pyridine rings is 1. The van der Waals surface area contributed by atoms with Gasteiger partial charge in [-0.25, -0.2) is 4.98 Å². The van der Waals surface area contributed by atoms with Crippen LogP contribution in [-0.4, -0.2) is 39.6 Å². The monoisotopic (exact) mass is 312 g/mol. The predicted molar refractivity (Wildman–Crippen MR) is 72.3 cm³/mol. The molecule has 1 N–H and O–H groups in total. The Hall–Kier alpha value is -0.940. The van der Waals surface area contributed by atoms with Crippen LogP contribution in [0.2, 0.25) is 0 Å². The highest BCUT2D eigenvalue weighted by atomic mass is 79.9. The molecule has 0 aliphatic carbocycles. The van der Waals surface area contributed by atoms with Crippen molar-refractivity contribution in [3.05, 3.63) is 28.5 Å². The zero-order valence-electron chi connectivity index (χ0n) is 10.4.